The van der Waals surface area contributed by atoms with E-state index in [4.69, 9.17) is 18.9 Å². The van der Waals surface area contributed by atoms with E-state index < -0.39 is 0 Å². The number of hydrogen-bond acceptors (Lipinski definition) is 5. The number of carbonyl (C=O) groups is 1. The summed E-state index contributed by atoms with van der Waals surface area (Å²) in [6, 6.07) is 11.2. The number of para-hydroxylation sites is 2. The van der Waals surface area contributed by atoms with Gasteiger partial charge in [0.25, 0.3) is 0 Å². The maximum Gasteiger partial charge on any atom is 0.224 e. The number of ether oxygens (including phenoxy) is 4. The van der Waals surface area contributed by atoms with E-state index in [1.165, 1.54) is 0 Å². The monoisotopic (exact) mass is 357 g/mol. The van der Waals surface area contributed by atoms with Crippen LogP contribution in [0.4, 0.5) is 0 Å². The maximum atomic E-state index is 12.3. The minimum Gasteiger partial charge on any atom is -0.493 e. The number of fused-ring (bicyclic) bond motifs is 1. The summed E-state index contributed by atoms with van der Waals surface area (Å²) in [5.74, 6) is 2.62. The van der Waals surface area contributed by atoms with E-state index in [0.717, 1.165) is 16.9 Å². The first-order valence-corrected chi connectivity index (χ1v) is 8.47. The van der Waals surface area contributed by atoms with Crippen molar-refractivity contribution < 1.29 is 23.7 Å². The highest BCUT2D eigenvalue weighted by molar-refractivity contribution is 5.79. The summed E-state index contributed by atoms with van der Waals surface area (Å²) < 4.78 is 22.1. The van der Waals surface area contributed by atoms with Crippen molar-refractivity contribution in [3.63, 3.8) is 0 Å². The van der Waals surface area contributed by atoms with Gasteiger partial charge in [-0.3, -0.25) is 4.79 Å². The third kappa shape index (κ3) is 4.02. The summed E-state index contributed by atoms with van der Waals surface area (Å²) in [5, 5.41) is 2.91. The molecule has 1 unspecified atom stereocenters. The summed E-state index contributed by atoms with van der Waals surface area (Å²) in [4.78, 5) is 12.3. The smallest absolute Gasteiger partial charge is 0.224 e. The minimum absolute atomic E-state index is 0.0808. The summed E-state index contributed by atoms with van der Waals surface area (Å²) >= 11 is 0. The Morgan fingerprint density at radius 3 is 2.58 bits per heavy atom. The molecule has 3 rings (SSSR count). The lowest BCUT2D eigenvalue weighted by molar-refractivity contribution is -0.120. The average molecular weight is 357 g/mol. The number of rotatable bonds is 6. The van der Waals surface area contributed by atoms with E-state index in [0.29, 0.717) is 30.4 Å². The van der Waals surface area contributed by atoms with Gasteiger partial charge in [-0.15, -0.1) is 0 Å². The molecule has 0 aliphatic carbocycles. The Bertz CT molecular complexity index is 790. The van der Waals surface area contributed by atoms with E-state index in [9.17, 15) is 4.79 Å². The SMILES string of the molecule is COc1cc(C)c(CC(=O)NCC2COc3ccccc3O2)cc1OC. The van der Waals surface area contributed by atoms with Gasteiger partial charge in [-0.25, -0.2) is 0 Å². The first-order chi connectivity index (χ1) is 12.6. The molecule has 1 amide bonds. The van der Waals surface area contributed by atoms with Crippen LogP contribution in [0.15, 0.2) is 36.4 Å². The lowest BCUT2D eigenvalue weighted by Gasteiger charge is -2.26. The molecule has 1 aliphatic heterocycles. The Morgan fingerprint density at radius 1 is 1.15 bits per heavy atom. The molecule has 0 radical (unpaired) electrons. The lowest BCUT2D eigenvalue weighted by Crippen LogP contribution is -2.41. The standard InChI is InChI=1S/C20H23NO5/c1-13-8-18(23-2)19(24-3)9-14(13)10-20(22)21-11-15-12-25-16-6-4-5-7-17(16)26-15/h4-9,15H,10-12H2,1-3H3,(H,21,22). The van der Waals surface area contributed by atoms with E-state index in [1.807, 2.05) is 43.3 Å². The van der Waals surface area contributed by atoms with Crippen LogP contribution in [0.5, 0.6) is 23.0 Å². The molecule has 0 fully saturated rings. The number of benzene rings is 2. The van der Waals surface area contributed by atoms with Crippen molar-refractivity contribution in [3.8, 4) is 23.0 Å². The second-order valence-electron chi connectivity index (χ2n) is 6.11. The topological polar surface area (TPSA) is 66.0 Å². The Morgan fingerprint density at radius 2 is 1.85 bits per heavy atom. The number of aryl methyl sites for hydroxylation is 1. The van der Waals surface area contributed by atoms with Crippen LogP contribution in [0.1, 0.15) is 11.1 Å². The normalized spacial score (nSPS) is 15.3. The molecule has 0 aromatic heterocycles. The zero-order valence-corrected chi connectivity index (χ0v) is 15.2. The summed E-state index contributed by atoms with van der Waals surface area (Å²) in [6.45, 7) is 2.74. The van der Waals surface area contributed by atoms with E-state index in [1.54, 1.807) is 14.2 Å². The van der Waals surface area contributed by atoms with E-state index in [2.05, 4.69) is 5.32 Å². The Balaban J connectivity index is 1.57. The zero-order valence-electron chi connectivity index (χ0n) is 15.2. The van der Waals surface area contributed by atoms with Crippen molar-refractivity contribution in [2.24, 2.45) is 0 Å². The third-order valence-corrected chi connectivity index (χ3v) is 4.29. The second kappa shape index (κ2) is 7.99. The summed E-state index contributed by atoms with van der Waals surface area (Å²) in [6.07, 6.45) is 0.0523. The molecule has 1 N–H and O–H groups in total. The first kappa shape index (κ1) is 17.9. The van der Waals surface area contributed by atoms with Crippen molar-refractivity contribution in [1.29, 1.82) is 0 Å². The highest BCUT2D eigenvalue weighted by Crippen LogP contribution is 2.31. The maximum absolute atomic E-state index is 12.3. The van der Waals surface area contributed by atoms with Crippen LogP contribution in [-0.4, -0.2) is 39.4 Å². The van der Waals surface area contributed by atoms with Crippen molar-refractivity contribution in [2.45, 2.75) is 19.4 Å². The van der Waals surface area contributed by atoms with Gasteiger partial charge in [0.2, 0.25) is 5.91 Å². The highest BCUT2D eigenvalue weighted by atomic mass is 16.6. The summed E-state index contributed by atoms with van der Waals surface area (Å²) in [7, 11) is 3.17. The van der Waals surface area contributed by atoms with Crippen LogP contribution < -0.4 is 24.3 Å². The molecule has 0 bridgehead atoms. The summed E-state index contributed by atoms with van der Waals surface area (Å²) in [5.41, 5.74) is 1.87. The molecule has 0 saturated heterocycles. The van der Waals surface area contributed by atoms with Gasteiger partial charge in [-0.1, -0.05) is 12.1 Å². The molecular weight excluding hydrogens is 334 g/mol. The van der Waals surface area contributed by atoms with E-state index in [-0.39, 0.29) is 18.4 Å². The van der Waals surface area contributed by atoms with Gasteiger partial charge in [0.1, 0.15) is 12.7 Å². The number of carbonyl (C=O) groups excluding carboxylic acids is 1. The Kier molecular flexibility index (Phi) is 5.51. The second-order valence-corrected chi connectivity index (χ2v) is 6.11. The van der Waals surface area contributed by atoms with Crippen LogP contribution in [0.3, 0.4) is 0 Å². The van der Waals surface area contributed by atoms with Gasteiger partial charge in [0.15, 0.2) is 23.0 Å². The fourth-order valence-corrected chi connectivity index (χ4v) is 2.84. The van der Waals surface area contributed by atoms with Crippen molar-refractivity contribution in [2.75, 3.05) is 27.4 Å². The fourth-order valence-electron chi connectivity index (χ4n) is 2.84. The van der Waals surface area contributed by atoms with Crippen LogP contribution in [0, 0.1) is 6.92 Å². The average Bonchev–Trinajstić information content (AvgIpc) is 2.67. The number of hydrogen-bond donors (Lipinski definition) is 1. The lowest BCUT2D eigenvalue weighted by atomic mass is 10.0. The predicted molar refractivity (Wildman–Crippen MR) is 97.3 cm³/mol. The van der Waals surface area contributed by atoms with Gasteiger partial charge in [-0.05, 0) is 42.3 Å². The molecule has 2 aromatic carbocycles. The molecule has 1 aliphatic rings. The van der Waals surface area contributed by atoms with Crippen LogP contribution >= 0.6 is 0 Å². The Labute approximate surface area is 153 Å². The van der Waals surface area contributed by atoms with Crippen LogP contribution in [0.2, 0.25) is 0 Å². The van der Waals surface area contributed by atoms with E-state index >= 15 is 0 Å². The molecule has 2 aromatic rings. The van der Waals surface area contributed by atoms with Crippen molar-refractivity contribution in [3.05, 3.63) is 47.5 Å². The largest absolute Gasteiger partial charge is 0.493 e. The molecule has 1 atom stereocenters. The Hall–Kier alpha value is -2.89. The molecule has 6 heteroatoms. The molecule has 6 nitrogen and oxygen atoms in total. The molecular formula is C20H23NO5. The van der Waals surface area contributed by atoms with Gasteiger partial charge in [0.05, 0.1) is 27.2 Å². The van der Waals surface area contributed by atoms with Crippen LogP contribution in [-0.2, 0) is 11.2 Å². The molecule has 1 heterocycles. The molecule has 0 spiro atoms. The molecule has 138 valence electrons. The van der Waals surface area contributed by atoms with Crippen molar-refractivity contribution in [1.82, 2.24) is 5.32 Å². The van der Waals surface area contributed by atoms with Crippen molar-refractivity contribution >= 4 is 5.91 Å². The van der Waals surface area contributed by atoms with Crippen LogP contribution in [0.25, 0.3) is 0 Å². The third-order valence-electron chi connectivity index (χ3n) is 4.29. The number of methoxy groups -OCH3 is 2. The fraction of sp³-hybridized carbons (Fsp3) is 0.350. The van der Waals surface area contributed by atoms with Gasteiger partial charge >= 0.3 is 0 Å². The quantitative estimate of drug-likeness (QED) is 0.861. The van der Waals surface area contributed by atoms with Gasteiger partial charge in [-0.2, -0.15) is 0 Å². The number of amides is 1. The highest BCUT2D eigenvalue weighted by Gasteiger charge is 2.21. The van der Waals surface area contributed by atoms with Gasteiger partial charge < -0.3 is 24.3 Å². The minimum atomic E-state index is -0.208. The zero-order chi connectivity index (χ0) is 18.5. The number of nitrogens with one attached hydrogen (secondary N) is 1. The predicted octanol–water partition coefficient (Wildman–Crippen LogP) is 2.51. The van der Waals surface area contributed by atoms with Gasteiger partial charge in [0, 0.05) is 0 Å². The molecule has 0 saturated carbocycles. The molecule has 26 heavy (non-hydrogen) atoms. The first-order valence-electron chi connectivity index (χ1n) is 8.47.